The number of fused-ring (bicyclic) bond motifs is 4. The summed E-state index contributed by atoms with van der Waals surface area (Å²) in [6, 6.07) is 6.77. The van der Waals surface area contributed by atoms with Gasteiger partial charge in [-0.2, -0.15) is 0 Å². The van der Waals surface area contributed by atoms with Crippen molar-refractivity contribution in [1.82, 2.24) is 4.90 Å². The molecule has 1 aromatic carbocycles. The molecule has 122 valence electrons. The second kappa shape index (κ2) is 4.76. The zero-order chi connectivity index (χ0) is 15.7. The van der Waals surface area contributed by atoms with E-state index in [0.717, 1.165) is 29.2 Å². The van der Waals surface area contributed by atoms with Crippen LogP contribution in [0.5, 0.6) is 5.75 Å². The predicted molar refractivity (Wildman–Crippen MR) is 90.8 cm³/mol. The zero-order valence-electron chi connectivity index (χ0n) is 14.0. The van der Waals surface area contributed by atoms with Gasteiger partial charge in [0.05, 0.1) is 0 Å². The van der Waals surface area contributed by atoms with E-state index in [2.05, 4.69) is 18.7 Å². The molecule has 4 aliphatic rings. The topological polar surface area (TPSA) is 36.6 Å². The van der Waals surface area contributed by atoms with Crippen molar-refractivity contribution in [2.24, 2.45) is 11.8 Å². The van der Waals surface area contributed by atoms with Crippen molar-refractivity contribution < 1.29 is 9.52 Å². The SMILES string of the molecule is CCC1CC2C[C@H]3c4oc5ccc(O)cc5c4C[C@H](C)N(C2)C13. The van der Waals surface area contributed by atoms with E-state index in [4.69, 9.17) is 4.42 Å². The van der Waals surface area contributed by atoms with E-state index in [1.54, 1.807) is 6.07 Å². The quantitative estimate of drug-likeness (QED) is 0.853. The van der Waals surface area contributed by atoms with Crippen LogP contribution in [-0.4, -0.2) is 28.6 Å². The summed E-state index contributed by atoms with van der Waals surface area (Å²) in [6.07, 6.45) is 5.00. The average Bonchev–Trinajstić information content (AvgIpc) is 2.88. The summed E-state index contributed by atoms with van der Waals surface area (Å²) in [5.74, 6) is 3.75. The zero-order valence-corrected chi connectivity index (χ0v) is 14.0. The molecule has 1 saturated carbocycles. The molecule has 3 heteroatoms. The molecule has 4 heterocycles. The number of hydrogen-bond donors (Lipinski definition) is 1. The van der Waals surface area contributed by atoms with Crippen LogP contribution in [0.25, 0.3) is 11.0 Å². The first-order valence-electron chi connectivity index (χ1n) is 9.15. The Hall–Kier alpha value is -1.48. The monoisotopic (exact) mass is 311 g/mol. The first kappa shape index (κ1) is 13.9. The van der Waals surface area contributed by atoms with Gasteiger partial charge in [-0.3, -0.25) is 4.90 Å². The molecule has 1 aromatic heterocycles. The first-order chi connectivity index (χ1) is 11.2. The first-order valence-corrected chi connectivity index (χ1v) is 9.15. The van der Waals surface area contributed by atoms with E-state index >= 15 is 0 Å². The molecule has 4 bridgehead atoms. The van der Waals surface area contributed by atoms with Gasteiger partial charge >= 0.3 is 0 Å². The Morgan fingerprint density at radius 3 is 3.00 bits per heavy atom. The van der Waals surface area contributed by atoms with Gasteiger partial charge in [0.25, 0.3) is 0 Å². The molecule has 0 amide bonds. The molecule has 2 aromatic rings. The highest BCUT2D eigenvalue weighted by molar-refractivity contribution is 5.84. The van der Waals surface area contributed by atoms with Gasteiger partial charge in [-0.15, -0.1) is 0 Å². The number of hydrogen-bond acceptors (Lipinski definition) is 3. The van der Waals surface area contributed by atoms with Crippen molar-refractivity contribution in [3.8, 4) is 5.75 Å². The number of rotatable bonds is 1. The van der Waals surface area contributed by atoms with Gasteiger partial charge in [-0.25, -0.2) is 0 Å². The highest BCUT2D eigenvalue weighted by Crippen LogP contribution is 2.53. The molecule has 3 fully saturated rings. The molecule has 6 atom stereocenters. The number of piperidine rings is 2. The lowest BCUT2D eigenvalue weighted by atomic mass is 9.65. The van der Waals surface area contributed by atoms with Crippen molar-refractivity contribution in [2.75, 3.05) is 6.54 Å². The lowest BCUT2D eigenvalue weighted by Crippen LogP contribution is -2.58. The minimum Gasteiger partial charge on any atom is -0.508 e. The number of aromatic hydroxyl groups is 1. The molecular formula is C20H25NO2. The fourth-order valence-electron chi connectivity index (χ4n) is 5.78. The Balaban J connectivity index is 1.72. The van der Waals surface area contributed by atoms with Crippen molar-refractivity contribution in [1.29, 1.82) is 0 Å². The van der Waals surface area contributed by atoms with Crippen molar-refractivity contribution >= 4 is 11.0 Å². The van der Waals surface area contributed by atoms with E-state index in [0.29, 0.717) is 23.8 Å². The van der Waals surface area contributed by atoms with Gasteiger partial charge in [0.2, 0.25) is 0 Å². The van der Waals surface area contributed by atoms with Gasteiger partial charge in [0.1, 0.15) is 17.1 Å². The van der Waals surface area contributed by atoms with Crippen molar-refractivity contribution in [3.63, 3.8) is 0 Å². The largest absolute Gasteiger partial charge is 0.508 e. The summed E-state index contributed by atoms with van der Waals surface area (Å²) in [5.41, 5.74) is 2.31. The van der Waals surface area contributed by atoms with Crippen LogP contribution < -0.4 is 0 Å². The normalized spacial score (nSPS) is 38.5. The van der Waals surface area contributed by atoms with E-state index in [1.807, 2.05) is 12.1 Å². The predicted octanol–water partition coefficient (Wildman–Crippen LogP) is 4.29. The van der Waals surface area contributed by atoms with Crippen LogP contribution in [0.15, 0.2) is 22.6 Å². The van der Waals surface area contributed by atoms with Crippen LogP contribution in [-0.2, 0) is 6.42 Å². The third-order valence-electron chi connectivity index (χ3n) is 6.70. The smallest absolute Gasteiger partial charge is 0.134 e. The Labute approximate surface area is 137 Å². The maximum Gasteiger partial charge on any atom is 0.134 e. The van der Waals surface area contributed by atoms with Crippen LogP contribution in [0.2, 0.25) is 0 Å². The van der Waals surface area contributed by atoms with Gasteiger partial charge in [0, 0.05) is 35.5 Å². The van der Waals surface area contributed by atoms with Crippen LogP contribution >= 0.6 is 0 Å². The van der Waals surface area contributed by atoms with Gasteiger partial charge in [-0.05, 0) is 56.2 Å². The van der Waals surface area contributed by atoms with Crippen LogP contribution in [0.4, 0.5) is 0 Å². The van der Waals surface area contributed by atoms with Gasteiger partial charge < -0.3 is 9.52 Å². The van der Waals surface area contributed by atoms with Crippen molar-refractivity contribution in [3.05, 3.63) is 29.5 Å². The molecule has 1 N–H and O–H groups in total. The number of phenolic OH excluding ortho intramolecular Hbond substituents is 1. The molecule has 23 heavy (non-hydrogen) atoms. The second-order valence-electron chi connectivity index (χ2n) is 7.98. The van der Waals surface area contributed by atoms with Crippen molar-refractivity contribution in [2.45, 2.75) is 57.5 Å². The Morgan fingerprint density at radius 2 is 2.17 bits per heavy atom. The molecular weight excluding hydrogens is 286 g/mol. The summed E-state index contributed by atoms with van der Waals surface area (Å²) in [5, 5.41) is 11.0. The van der Waals surface area contributed by atoms with E-state index in [9.17, 15) is 5.11 Å². The van der Waals surface area contributed by atoms with Crippen LogP contribution in [0, 0.1) is 11.8 Å². The third kappa shape index (κ3) is 1.86. The molecule has 4 unspecified atom stereocenters. The maximum absolute atomic E-state index is 9.91. The van der Waals surface area contributed by atoms with E-state index in [-0.39, 0.29) is 0 Å². The molecule has 1 aliphatic carbocycles. The second-order valence-corrected chi connectivity index (χ2v) is 7.98. The third-order valence-corrected chi connectivity index (χ3v) is 6.70. The number of phenols is 1. The summed E-state index contributed by atoms with van der Waals surface area (Å²) >= 11 is 0. The van der Waals surface area contributed by atoms with Crippen LogP contribution in [0.3, 0.4) is 0 Å². The number of benzene rings is 1. The van der Waals surface area contributed by atoms with Crippen LogP contribution in [0.1, 0.15) is 50.4 Å². The Kier molecular flexibility index (Phi) is 2.88. The summed E-state index contributed by atoms with van der Waals surface area (Å²) in [7, 11) is 0. The molecule has 6 rings (SSSR count). The Morgan fingerprint density at radius 1 is 1.30 bits per heavy atom. The number of furan rings is 1. The Bertz CT molecular complexity index is 764. The molecule has 3 aliphatic heterocycles. The van der Waals surface area contributed by atoms with E-state index < -0.39 is 0 Å². The minimum absolute atomic E-state index is 0.342. The fraction of sp³-hybridized carbons (Fsp3) is 0.600. The number of nitrogens with zero attached hydrogens (tertiary/aromatic N) is 1. The molecule has 0 spiro atoms. The minimum atomic E-state index is 0.342. The average molecular weight is 311 g/mol. The van der Waals surface area contributed by atoms with Gasteiger partial charge in [0.15, 0.2) is 0 Å². The molecule has 0 radical (unpaired) electrons. The summed E-state index contributed by atoms with van der Waals surface area (Å²) in [4.78, 5) is 2.78. The lowest BCUT2D eigenvalue weighted by molar-refractivity contribution is -0.0384. The highest BCUT2D eigenvalue weighted by Gasteiger charge is 2.51. The fourth-order valence-corrected chi connectivity index (χ4v) is 5.78. The molecule has 2 saturated heterocycles. The van der Waals surface area contributed by atoms with Gasteiger partial charge in [-0.1, -0.05) is 13.3 Å². The molecule has 3 nitrogen and oxygen atoms in total. The lowest BCUT2D eigenvalue weighted by Gasteiger charge is -2.54. The maximum atomic E-state index is 9.91. The summed E-state index contributed by atoms with van der Waals surface area (Å²) < 4.78 is 6.37. The highest BCUT2D eigenvalue weighted by atomic mass is 16.3. The summed E-state index contributed by atoms with van der Waals surface area (Å²) in [6.45, 7) is 5.99. The standard InChI is InChI=1S/C20H25NO2/c1-3-13-7-12-8-17-19(13)21(10-12)11(2)6-16-15-9-14(22)4-5-18(15)23-20(16)17/h4-5,9,11-13,17,19,22H,3,6-8,10H2,1-2H3/t11-,12?,13?,17+,19?/m0/s1. The van der Waals surface area contributed by atoms with E-state index in [1.165, 1.54) is 37.1 Å².